The Morgan fingerprint density at radius 1 is 1.24 bits per heavy atom. The molecule has 1 aromatic carbocycles. The molecule has 11 heteroatoms. The maximum absolute atomic E-state index is 14.4. The molecule has 0 aliphatic rings. The van der Waals surface area contributed by atoms with Crippen LogP contribution in [0.2, 0.25) is 0 Å². The van der Waals surface area contributed by atoms with E-state index in [1.165, 1.54) is 31.3 Å². The molecule has 8 nitrogen and oxygen atoms in total. The Hall–Kier alpha value is -3.34. The zero-order valence-corrected chi connectivity index (χ0v) is 16.2. The SMILES string of the molecule is CNC(=O)OCc1cc(S(=O)(=O)c2ccc(C)nc2)n(-c2cccc(F)c2F)n1. The van der Waals surface area contributed by atoms with Gasteiger partial charge in [-0.25, -0.2) is 26.7 Å². The molecule has 0 bridgehead atoms. The standard InChI is InChI=1S/C18H16F2N4O4S/c1-11-6-7-13(9-22-11)29(26,27)16-8-12(10-28-18(25)21-2)23-24(16)15-5-3-4-14(19)17(15)20/h3-9H,10H2,1-2H3,(H,21,25). The molecule has 152 valence electrons. The fourth-order valence-electron chi connectivity index (χ4n) is 2.45. The van der Waals surface area contributed by atoms with Gasteiger partial charge in [0.1, 0.15) is 18.0 Å². The summed E-state index contributed by atoms with van der Waals surface area (Å²) in [6.45, 7) is 1.31. The highest BCUT2D eigenvalue weighted by Crippen LogP contribution is 2.26. The number of carbonyl (C=O) groups is 1. The van der Waals surface area contributed by atoms with Crippen LogP contribution in [0.15, 0.2) is 52.5 Å². The van der Waals surface area contributed by atoms with Gasteiger partial charge < -0.3 is 10.1 Å². The quantitative estimate of drug-likeness (QED) is 0.678. The van der Waals surface area contributed by atoms with Crippen LogP contribution >= 0.6 is 0 Å². The van der Waals surface area contributed by atoms with Crippen LogP contribution in [-0.4, -0.2) is 36.3 Å². The molecule has 0 saturated heterocycles. The fourth-order valence-corrected chi connectivity index (χ4v) is 3.78. The second-order valence-corrected chi connectivity index (χ2v) is 7.82. The molecular weight excluding hydrogens is 406 g/mol. The Bertz CT molecular complexity index is 1160. The van der Waals surface area contributed by atoms with Gasteiger partial charge in [-0.1, -0.05) is 6.07 Å². The van der Waals surface area contributed by atoms with Crippen molar-refractivity contribution in [3.05, 3.63) is 65.6 Å². The molecule has 1 amide bonds. The van der Waals surface area contributed by atoms with E-state index in [-0.39, 0.29) is 17.2 Å². The van der Waals surface area contributed by atoms with E-state index in [1.54, 1.807) is 6.92 Å². The first kappa shape index (κ1) is 20.4. The third kappa shape index (κ3) is 4.09. The monoisotopic (exact) mass is 422 g/mol. The summed E-state index contributed by atoms with van der Waals surface area (Å²) in [4.78, 5) is 15.1. The summed E-state index contributed by atoms with van der Waals surface area (Å²) >= 11 is 0. The van der Waals surface area contributed by atoms with Crippen molar-refractivity contribution >= 4 is 15.9 Å². The molecule has 29 heavy (non-hydrogen) atoms. The van der Waals surface area contributed by atoms with Crippen LogP contribution in [0.25, 0.3) is 5.69 Å². The van der Waals surface area contributed by atoms with Crippen LogP contribution in [0.1, 0.15) is 11.4 Å². The summed E-state index contributed by atoms with van der Waals surface area (Å²) in [5.41, 5.74) is 0.221. The molecule has 0 radical (unpaired) electrons. The topological polar surface area (TPSA) is 103 Å². The van der Waals surface area contributed by atoms with E-state index in [4.69, 9.17) is 4.74 Å². The van der Waals surface area contributed by atoms with Crippen LogP contribution in [0.4, 0.5) is 13.6 Å². The van der Waals surface area contributed by atoms with Gasteiger partial charge in [0.25, 0.3) is 0 Å². The number of amides is 1. The number of halogens is 2. The molecule has 0 fully saturated rings. The largest absolute Gasteiger partial charge is 0.443 e. The molecule has 2 heterocycles. The summed E-state index contributed by atoms with van der Waals surface area (Å²) in [5.74, 6) is -2.44. The average molecular weight is 422 g/mol. The van der Waals surface area contributed by atoms with E-state index in [0.29, 0.717) is 5.69 Å². The van der Waals surface area contributed by atoms with Gasteiger partial charge in [-0.05, 0) is 31.2 Å². The van der Waals surface area contributed by atoms with Crippen molar-refractivity contribution in [2.24, 2.45) is 0 Å². The van der Waals surface area contributed by atoms with Crippen molar-refractivity contribution in [1.82, 2.24) is 20.1 Å². The first-order valence-electron chi connectivity index (χ1n) is 8.29. The first-order chi connectivity index (χ1) is 13.7. The van der Waals surface area contributed by atoms with Crippen molar-refractivity contribution in [3.8, 4) is 5.69 Å². The summed E-state index contributed by atoms with van der Waals surface area (Å²) in [7, 11) is -2.84. The maximum atomic E-state index is 14.4. The van der Waals surface area contributed by atoms with E-state index in [9.17, 15) is 22.0 Å². The number of aryl methyl sites for hydroxylation is 1. The third-order valence-electron chi connectivity index (χ3n) is 3.91. The summed E-state index contributed by atoms with van der Waals surface area (Å²) in [6.07, 6.45) is 0.397. The normalized spacial score (nSPS) is 11.3. The van der Waals surface area contributed by atoms with Crippen LogP contribution < -0.4 is 5.32 Å². The number of rotatable bonds is 5. The van der Waals surface area contributed by atoms with Gasteiger partial charge in [0, 0.05) is 25.0 Å². The fraction of sp³-hybridized carbons (Fsp3) is 0.167. The van der Waals surface area contributed by atoms with Crippen LogP contribution in [0.3, 0.4) is 0 Å². The van der Waals surface area contributed by atoms with Gasteiger partial charge in [0.05, 0.1) is 4.90 Å². The zero-order valence-electron chi connectivity index (χ0n) is 15.4. The van der Waals surface area contributed by atoms with Crippen molar-refractivity contribution in [3.63, 3.8) is 0 Å². The molecule has 1 N–H and O–H groups in total. The average Bonchev–Trinajstić information content (AvgIpc) is 3.13. The lowest BCUT2D eigenvalue weighted by atomic mass is 10.3. The third-order valence-corrected chi connectivity index (χ3v) is 5.62. The minimum absolute atomic E-state index is 0.0240. The number of hydrogen-bond donors (Lipinski definition) is 1. The number of pyridine rings is 1. The van der Waals surface area contributed by atoms with Crippen molar-refractivity contribution in [2.45, 2.75) is 23.5 Å². The smallest absolute Gasteiger partial charge is 0.407 e. The van der Waals surface area contributed by atoms with Gasteiger partial charge in [0.2, 0.25) is 9.84 Å². The number of alkyl carbamates (subject to hydrolysis) is 1. The molecule has 0 aliphatic heterocycles. The van der Waals surface area contributed by atoms with Crippen LogP contribution in [-0.2, 0) is 21.2 Å². The number of nitrogens with zero attached hydrogens (tertiary/aromatic N) is 3. The molecule has 3 aromatic rings. The van der Waals surface area contributed by atoms with E-state index < -0.39 is 38.3 Å². The van der Waals surface area contributed by atoms with E-state index in [2.05, 4.69) is 15.4 Å². The van der Waals surface area contributed by atoms with Crippen LogP contribution in [0.5, 0.6) is 0 Å². The van der Waals surface area contributed by atoms with E-state index in [1.807, 2.05) is 0 Å². The summed E-state index contributed by atoms with van der Waals surface area (Å²) in [6, 6.07) is 7.28. The highest BCUT2D eigenvalue weighted by Gasteiger charge is 2.27. The highest BCUT2D eigenvalue weighted by atomic mass is 32.2. The Morgan fingerprint density at radius 3 is 2.66 bits per heavy atom. The number of benzene rings is 1. The Balaban J connectivity index is 2.16. The second-order valence-electron chi connectivity index (χ2n) is 5.92. The lowest BCUT2D eigenvalue weighted by molar-refractivity contribution is 0.140. The van der Waals surface area contributed by atoms with Gasteiger partial charge in [-0.2, -0.15) is 5.10 Å². The van der Waals surface area contributed by atoms with E-state index in [0.717, 1.165) is 23.0 Å². The second kappa shape index (κ2) is 7.95. The van der Waals surface area contributed by atoms with Gasteiger partial charge in [-0.15, -0.1) is 0 Å². The highest BCUT2D eigenvalue weighted by molar-refractivity contribution is 7.91. The lowest BCUT2D eigenvalue weighted by Gasteiger charge is -2.09. The zero-order chi connectivity index (χ0) is 21.2. The Labute approximate surface area is 165 Å². The molecular formula is C18H16F2N4O4S. The molecule has 2 aromatic heterocycles. The Morgan fingerprint density at radius 2 is 2.00 bits per heavy atom. The molecule has 0 saturated carbocycles. The molecule has 3 rings (SSSR count). The number of sulfone groups is 1. The van der Waals surface area contributed by atoms with Crippen molar-refractivity contribution < 1.29 is 26.7 Å². The maximum Gasteiger partial charge on any atom is 0.407 e. The Kier molecular flexibility index (Phi) is 5.59. The first-order valence-corrected chi connectivity index (χ1v) is 9.78. The predicted octanol–water partition coefficient (Wildman–Crippen LogP) is 2.54. The predicted molar refractivity (Wildman–Crippen MR) is 97.2 cm³/mol. The van der Waals surface area contributed by atoms with E-state index >= 15 is 0 Å². The van der Waals surface area contributed by atoms with Gasteiger partial charge in [-0.3, -0.25) is 4.98 Å². The lowest BCUT2D eigenvalue weighted by Crippen LogP contribution is -2.19. The number of carbonyl (C=O) groups excluding carboxylic acids is 1. The minimum Gasteiger partial charge on any atom is -0.443 e. The van der Waals surface area contributed by atoms with Crippen molar-refractivity contribution in [1.29, 1.82) is 0 Å². The minimum atomic E-state index is -4.19. The summed E-state index contributed by atoms with van der Waals surface area (Å²) < 4.78 is 59.9. The summed E-state index contributed by atoms with van der Waals surface area (Å²) in [5, 5.41) is 5.81. The molecule has 0 aliphatic carbocycles. The van der Waals surface area contributed by atoms with Crippen LogP contribution in [0, 0.1) is 18.6 Å². The van der Waals surface area contributed by atoms with Gasteiger partial charge >= 0.3 is 6.09 Å². The number of hydrogen-bond acceptors (Lipinski definition) is 6. The molecule has 0 spiro atoms. The molecule has 0 atom stereocenters. The van der Waals surface area contributed by atoms with Gasteiger partial charge in [0.15, 0.2) is 16.7 Å². The molecule has 0 unspecified atom stereocenters. The number of nitrogens with one attached hydrogen (secondary N) is 1. The van der Waals surface area contributed by atoms with Crippen molar-refractivity contribution in [2.75, 3.05) is 7.05 Å². The number of aromatic nitrogens is 3. The number of ether oxygens (including phenoxy) is 1.